The number of hydrogen-bond acceptors (Lipinski definition) is 2. The Hall–Kier alpha value is -1.12. The zero-order valence-corrected chi connectivity index (χ0v) is 10.5. The summed E-state index contributed by atoms with van der Waals surface area (Å²) in [5.41, 5.74) is 0. The largest absolute Gasteiger partial charge is 0.0980 e. The molecule has 0 amide bonds. The first-order valence-corrected chi connectivity index (χ1v) is 6.69. The van der Waals surface area contributed by atoms with E-state index in [1.807, 2.05) is 10.8 Å². The predicted molar refractivity (Wildman–Crippen MR) is 76.1 cm³/mol. The molecule has 0 saturated heterocycles. The first kappa shape index (κ1) is 11.4. The van der Waals surface area contributed by atoms with Gasteiger partial charge in [0.15, 0.2) is 0 Å². The van der Waals surface area contributed by atoms with Crippen molar-refractivity contribution >= 4 is 34.3 Å². The van der Waals surface area contributed by atoms with E-state index >= 15 is 0 Å². The minimum Gasteiger partial charge on any atom is -0.0980 e. The van der Waals surface area contributed by atoms with Crippen LogP contribution in [0.4, 0.5) is 0 Å². The van der Waals surface area contributed by atoms with Crippen molar-refractivity contribution in [3.63, 3.8) is 0 Å². The molecule has 0 aliphatic carbocycles. The molecule has 80 valence electrons. The summed E-state index contributed by atoms with van der Waals surface area (Å²) in [5.74, 6) is 0. The second kappa shape index (κ2) is 5.28. The standard InChI is InChI=1S/C14H12S2/c1-3-15-12-9-5-7-11-8-6-10-13(14(11)12)16-4-2/h3-10H,1-2H2. The molecule has 16 heavy (non-hydrogen) atoms. The first-order valence-electron chi connectivity index (χ1n) is 4.93. The van der Waals surface area contributed by atoms with Crippen LogP contribution in [-0.2, 0) is 0 Å². The summed E-state index contributed by atoms with van der Waals surface area (Å²) >= 11 is 3.32. The molecule has 0 unspecified atom stereocenters. The van der Waals surface area contributed by atoms with Crippen LogP contribution in [0, 0.1) is 0 Å². The lowest BCUT2D eigenvalue weighted by Crippen LogP contribution is -1.79. The second-order valence-corrected chi connectivity index (χ2v) is 5.20. The molecule has 2 aromatic carbocycles. The van der Waals surface area contributed by atoms with Crippen molar-refractivity contribution in [1.29, 1.82) is 0 Å². The molecular formula is C14H12S2. The molecule has 0 fully saturated rings. The van der Waals surface area contributed by atoms with Crippen molar-refractivity contribution in [2.75, 3.05) is 0 Å². The SMILES string of the molecule is C=CSc1cccc2cccc(SC=C)c12. The third-order valence-electron chi connectivity index (χ3n) is 2.25. The maximum atomic E-state index is 3.77. The van der Waals surface area contributed by atoms with Gasteiger partial charge in [0.1, 0.15) is 0 Å². The molecule has 0 saturated carbocycles. The van der Waals surface area contributed by atoms with Crippen molar-refractivity contribution in [2.45, 2.75) is 9.79 Å². The molecule has 2 heteroatoms. The van der Waals surface area contributed by atoms with Gasteiger partial charge in [0, 0.05) is 15.2 Å². The quantitative estimate of drug-likeness (QED) is 0.668. The van der Waals surface area contributed by atoms with Gasteiger partial charge in [0.2, 0.25) is 0 Å². The van der Waals surface area contributed by atoms with E-state index in [-0.39, 0.29) is 0 Å². The Morgan fingerprint density at radius 1 is 0.812 bits per heavy atom. The summed E-state index contributed by atoms with van der Waals surface area (Å²) in [5, 5.41) is 6.28. The van der Waals surface area contributed by atoms with Crippen LogP contribution >= 0.6 is 23.5 Å². The Morgan fingerprint density at radius 3 is 1.75 bits per heavy atom. The van der Waals surface area contributed by atoms with E-state index in [0.29, 0.717) is 0 Å². The van der Waals surface area contributed by atoms with E-state index < -0.39 is 0 Å². The molecular weight excluding hydrogens is 232 g/mol. The maximum absolute atomic E-state index is 3.77. The molecule has 2 aromatic rings. The third kappa shape index (κ3) is 2.18. The summed E-state index contributed by atoms with van der Waals surface area (Å²) < 4.78 is 0. The molecule has 0 aliphatic heterocycles. The van der Waals surface area contributed by atoms with E-state index in [2.05, 4.69) is 49.6 Å². The number of thioether (sulfide) groups is 2. The van der Waals surface area contributed by atoms with E-state index in [1.165, 1.54) is 20.6 Å². The highest BCUT2D eigenvalue weighted by atomic mass is 32.2. The van der Waals surface area contributed by atoms with Gasteiger partial charge in [-0.3, -0.25) is 0 Å². The normalized spacial score (nSPS) is 10.2. The van der Waals surface area contributed by atoms with E-state index in [9.17, 15) is 0 Å². The van der Waals surface area contributed by atoms with Crippen molar-refractivity contribution < 1.29 is 0 Å². The minimum absolute atomic E-state index is 1.25. The zero-order valence-electron chi connectivity index (χ0n) is 8.85. The molecule has 2 rings (SSSR count). The van der Waals surface area contributed by atoms with Crippen molar-refractivity contribution in [1.82, 2.24) is 0 Å². The topological polar surface area (TPSA) is 0 Å². The lowest BCUT2D eigenvalue weighted by molar-refractivity contribution is 1.45. The highest BCUT2D eigenvalue weighted by molar-refractivity contribution is 8.03. The minimum atomic E-state index is 1.25. The number of fused-ring (bicyclic) bond motifs is 1. The van der Waals surface area contributed by atoms with Gasteiger partial charge in [-0.1, -0.05) is 60.9 Å². The zero-order chi connectivity index (χ0) is 11.4. The lowest BCUT2D eigenvalue weighted by atomic mass is 10.1. The van der Waals surface area contributed by atoms with E-state index in [1.54, 1.807) is 23.5 Å². The van der Waals surface area contributed by atoms with Crippen LogP contribution in [-0.4, -0.2) is 0 Å². The smallest absolute Gasteiger partial charge is 0.0205 e. The average Bonchev–Trinajstić information content (AvgIpc) is 2.30. The van der Waals surface area contributed by atoms with Crippen LogP contribution in [0.25, 0.3) is 10.8 Å². The highest BCUT2D eigenvalue weighted by Gasteiger charge is 2.04. The Balaban J connectivity index is 2.70. The van der Waals surface area contributed by atoms with Crippen LogP contribution in [0.15, 0.2) is 70.2 Å². The molecule has 0 radical (unpaired) electrons. The van der Waals surface area contributed by atoms with Gasteiger partial charge in [0.25, 0.3) is 0 Å². The van der Waals surface area contributed by atoms with Crippen LogP contribution in [0.5, 0.6) is 0 Å². The summed E-state index contributed by atoms with van der Waals surface area (Å²) in [6, 6.07) is 12.7. The number of hydrogen-bond donors (Lipinski definition) is 0. The van der Waals surface area contributed by atoms with E-state index in [4.69, 9.17) is 0 Å². The van der Waals surface area contributed by atoms with Crippen LogP contribution < -0.4 is 0 Å². The fraction of sp³-hybridized carbons (Fsp3) is 0. The van der Waals surface area contributed by atoms with Crippen LogP contribution in [0.2, 0.25) is 0 Å². The summed E-state index contributed by atoms with van der Waals surface area (Å²) in [6.45, 7) is 7.55. The fourth-order valence-electron chi connectivity index (χ4n) is 1.65. The lowest BCUT2D eigenvalue weighted by Gasteiger charge is -2.08. The summed E-state index contributed by atoms with van der Waals surface area (Å²) in [4.78, 5) is 2.50. The van der Waals surface area contributed by atoms with Crippen LogP contribution in [0.3, 0.4) is 0 Å². The first-order chi connectivity index (χ1) is 7.86. The fourth-order valence-corrected chi connectivity index (χ4v) is 3.08. The molecule has 0 bridgehead atoms. The average molecular weight is 244 g/mol. The monoisotopic (exact) mass is 244 g/mol. The molecule has 0 nitrogen and oxygen atoms in total. The van der Waals surface area contributed by atoms with Gasteiger partial charge in [-0.25, -0.2) is 0 Å². The van der Waals surface area contributed by atoms with Crippen molar-refractivity contribution in [2.24, 2.45) is 0 Å². The number of benzene rings is 2. The van der Waals surface area contributed by atoms with Crippen molar-refractivity contribution in [3.8, 4) is 0 Å². The number of rotatable bonds is 4. The predicted octanol–water partition coefficient (Wildman–Crippen LogP) is 5.31. The summed E-state index contributed by atoms with van der Waals surface area (Å²) in [6.07, 6.45) is 0. The molecule has 0 N–H and O–H groups in total. The molecule has 0 heterocycles. The van der Waals surface area contributed by atoms with E-state index in [0.717, 1.165) is 0 Å². The Bertz CT molecular complexity index is 484. The highest BCUT2D eigenvalue weighted by Crippen LogP contribution is 2.35. The molecule has 0 spiro atoms. The van der Waals surface area contributed by atoms with Crippen LogP contribution in [0.1, 0.15) is 0 Å². The van der Waals surface area contributed by atoms with Gasteiger partial charge >= 0.3 is 0 Å². The summed E-state index contributed by atoms with van der Waals surface area (Å²) in [7, 11) is 0. The van der Waals surface area contributed by atoms with Gasteiger partial charge in [-0.15, -0.1) is 0 Å². The van der Waals surface area contributed by atoms with Crippen molar-refractivity contribution in [3.05, 3.63) is 60.4 Å². The molecule has 0 aliphatic rings. The third-order valence-corrected chi connectivity index (χ3v) is 3.77. The van der Waals surface area contributed by atoms with Gasteiger partial charge < -0.3 is 0 Å². The Labute approximate surface area is 104 Å². The maximum Gasteiger partial charge on any atom is 0.0205 e. The second-order valence-electron chi connectivity index (χ2n) is 3.18. The Kier molecular flexibility index (Phi) is 3.75. The Morgan fingerprint density at radius 2 is 1.31 bits per heavy atom. The van der Waals surface area contributed by atoms with Gasteiger partial charge in [-0.05, 0) is 28.3 Å². The van der Waals surface area contributed by atoms with Gasteiger partial charge in [0.05, 0.1) is 0 Å². The molecule has 0 atom stereocenters. The molecule has 0 aromatic heterocycles. The van der Waals surface area contributed by atoms with Gasteiger partial charge in [-0.2, -0.15) is 0 Å².